The van der Waals surface area contributed by atoms with Crippen molar-refractivity contribution < 1.29 is 0 Å². The van der Waals surface area contributed by atoms with Gasteiger partial charge in [-0.25, -0.2) is 15.0 Å². The highest BCUT2D eigenvalue weighted by Crippen LogP contribution is 2.33. The highest BCUT2D eigenvalue weighted by Gasteiger charge is 2.13. The van der Waals surface area contributed by atoms with E-state index in [9.17, 15) is 0 Å². The van der Waals surface area contributed by atoms with Crippen LogP contribution < -0.4 is 0 Å². The largest absolute Gasteiger partial charge is 0.255 e. The minimum Gasteiger partial charge on any atom is -0.255 e. The summed E-state index contributed by atoms with van der Waals surface area (Å²) < 4.78 is 0. The first kappa shape index (κ1) is 25.2. The van der Waals surface area contributed by atoms with Crippen LogP contribution in [-0.4, -0.2) is 24.9 Å². The van der Waals surface area contributed by atoms with E-state index < -0.39 is 0 Å². The quantitative estimate of drug-likeness (QED) is 0.212. The second kappa shape index (κ2) is 11.4. The number of aromatic nitrogens is 5. The van der Waals surface area contributed by atoms with Gasteiger partial charge in [0.05, 0.1) is 34.2 Å². The molecule has 198 valence electrons. The summed E-state index contributed by atoms with van der Waals surface area (Å²) >= 11 is 0. The van der Waals surface area contributed by atoms with Crippen molar-refractivity contribution in [3.8, 4) is 67.8 Å². The molecule has 0 saturated heterocycles. The summed E-state index contributed by atoms with van der Waals surface area (Å²) in [5.41, 5.74) is 10.0. The molecule has 0 N–H and O–H groups in total. The van der Waals surface area contributed by atoms with Crippen LogP contribution in [0.5, 0.6) is 0 Å². The molecule has 7 rings (SSSR count). The van der Waals surface area contributed by atoms with E-state index in [0.29, 0.717) is 5.82 Å². The second-order valence-corrected chi connectivity index (χ2v) is 9.83. The molecule has 0 fully saturated rings. The van der Waals surface area contributed by atoms with E-state index in [4.69, 9.17) is 15.0 Å². The van der Waals surface area contributed by atoms with Gasteiger partial charge in [0.2, 0.25) is 0 Å². The van der Waals surface area contributed by atoms with Crippen molar-refractivity contribution in [2.45, 2.75) is 0 Å². The third kappa shape index (κ3) is 5.31. The van der Waals surface area contributed by atoms with Gasteiger partial charge in [0, 0.05) is 29.1 Å². The maximum absolute atomic E-state index is 5.02. The molecule has 4 heterocycles. The fourth-order valence-electron chi connectivity index (χ4n) is 4.91. The number of hydrogen-bond donors (Lipinski definition) is 0. The lowest BCUT2D eigenvalue weighted by molar-refractivity contribution is 1.18. The Morgan fingerprint density at radius 2 is 0.810 bits per heavy atom. The Hall–Kier alpha value is -5.81. The van der Waals surface area contributed by atoms with Crippen LogP contribution in [0.25, 0.3) is 67.8 Å². The molecule has 0 aliphatic rings. The zero-order valence-electron chi connectivity index (χ0n) is 22.7. The SMILES string of the molecule is c1ccc(-c2cc(-c3cccc(-c4cc(-c5ccccn5)nc(-c5ccccn5)c4)c3)nc(-c3ccccc3)n2)cc1. The molecular formula is C37H25N5. The third-order valence-electron chi connectivity index (χ3n) is 7.00. The molecule has 7 aromatic rings. The van der Waals surface area contributed by atoms with Crippen LogP contribution in [0, 0.1) is 0 Å². The van der Waals surface area contributed by atoms with Gasteiger partial charge in [-0.1, -0.05) is 91.0 Å². The van der Waals surface area contributed by atoms with Crippen LogP contribution in [0.4, 0.5) is 0 Å². The molecule has 0 spiro atoms. The molecule has 0 amide bonds. The summed E-state index contributed by atoms with van der Waals surface area (Å²) in [4.78, 5) is 24.0. The average Bonchev–Trinajstić information content (AvgIpc) is 3.09. The van der Waals surface area contributed by atoms with Crippen LogP contribution in [-0.2, 0) is 0 Å². The predicted octanol–water partition coefficient (Wildman–Crippen LogP) is 8.66. The van der Waals surface area contributed by atoms with Crippen molar-refractivity contribution in [2.75, 3.05) is 0 Å². The molecule has 0 aliphatic heterocycles. The predicted molar refractivity (Wildman–Crippen MR) is 168 cm³/mol. The van der Waals surface area contributed by atoms with Crippen molar-refractivity contribution in [2.24, 2.45) is 0 Å². The molecule has 0 radical (unpaired) electrons. The first-order valence-corrected chi connectivity index (χ1v) is 13.8. The van der Waals surface area contributed by atoms with E-state index >= 15 is 0 Å². The van der Waals surface area contributed by atoms with Gasteiger partial charge >= 0.3 is 0 Å². The molecule has 0 unspecified atom stereocenters. The van der Waals surface area contributed by atoms with Gasteiger partial charge in [-0.05, 0) is 59.7 Å². The number of rotatable bonds is 6. The Morgan fingerprint density at radius 1 is 0.286 bits per heavy atom. The molecule has 42 heavy (non-hydrogen) atoms. The molecule has 0 atom stereocenters. The van der Waals surface area contributed by atoms with E-state index in [2.05, 4.69) is 64.6 Å². The van der Waals surface area contributed by atoms with Gasteiger partial charge in [0.25, 0.3) is 0 Å². The average molecular weight is 540 g/mol. The lowest BCUT2D eigenvalue weighted by Gasteiger charge is -2.12. The standard InChI is InChI=1S/C37H25N5/c1-3-12-26(13-4-1)33-25-34(42-37(41-33)27-14-5-2-6-15-27)29-17-11-16-28(22-29)30-23-35(31-18-7-9-20-38-31)40-36(24-30)32-19-8-10-21-39-32/h1-25H. The Kier molecular flexibility index (Phi) is 6.81. The maximum atomic E-state index is 5.02. The molecule has 0 bridgehead atoms. The van der Waals surface area contributed by atoms with Crippen LogP contribution >= 0.6 is 0 Å². The van der Waals surface area contributed by atoms with Crippen molar-refractivity contribution in [3.05, 3.63) is 152 Å². The highest BCUT2D eigenvalue weighted by atomic mass is 14.9. The summed E-state index contributed by atoms with van der Waals surface area (Å²) in [6.45, 7) is 0. The summed E-state index contributed by atoms with van der Waals surface area (Å²) in [6, 6.07) is 46.7. The Bertz CT molecular complexity index is 1700. The van der Waals surface area contributed by atoms with E-state index in [-0.39, 0.29) is 0 Å². The maximum Gasteiger partial charge on any atom is 0.160 e. The summed E-state index contributed by atoms with van der Waals surface area (Å²) in [5.74, 6) is 0.691. The van der Waals surface area contributed by atoms with Gasteiger partial charge in [0.15, 0.2) is 5.82 Å². The van der Waals surface area contributed by atoms with Crippen molar-refractivity contribution >= 4 is 0 Å². The smallest absolute Gasteiger partial charge is 0.160 e. The van der Waals surface area contributed by atoms with Gasteiger partial charge in [-0.3, -0.25) is 9.97 Å². The molecular weight excluding hydrogens is 514 g/mol. The fraction of sp³-hybridized carbons (Fsp3) is 0. The second-order valence-electron chi connectivity index (χ2n) is 9.83. The topological polar surface area (TPSA) is 64.5 Å². The number of nitrogens with zero attached hydrogens (tertiary/aromatic N) is 5. The Morgan fingerprint density at radius 3 is 1.40 bits per heavy atom. The lowest BCUT2D eigenvalue weighted by atomic mass is 9.99. The number of benzene rings is 3. The lowest BCUT2D eigenvalue weighted by Crippen LogP contribution is -1.96. The van der Waals surface area contributed by atoms with Crippen LogP contribution in [0.2, 0.25) is 0 Å². The Balaban J connectivity index is 1.37. The molecule has 5 nitrogen and oxygen atoms in total. The monoisotopic (exact) mass is 539 g/mol. The first-order chi connectivity index (χ1) is 20.8. The molecule has 0 saturated carbocycles. The zero-order valence-corrected chi connectivity index (χ0v) is 22.7. The van der Waals surface area contributed by atoms with Crippen molar-refractivity contribution in [1.29, 1.82) is 0 Å². The number of pyridine rings is 3. The molecule has 3 aromatic carbocycles. The summed E-state index contributed by atoms with van der Waals surface area (Å²) in [6.07, 6.45) is 3.57. The van der Waals surface area contributed by atoms with Crippen molar-refractivity contribution in [1.82, 2.24) is 24.9 Å². The van der Waals surface area contributed by atoms with Gasteiger partial charge in [0.1, 0.15) is 0 Å². The normalized spacial score (nSPS) is 10.9. The minimum atomic E-state index is 0.691. The number of hydrogen-bond acceptors (Lipinski definition) is 5. The molecule has 4 aromatic heterocycles. The van der Waals surface area contributed by atoms with Crippen LogP contribution in [0.15, 0.2) is 152 Å². The fourth-order valence-corrected chi connectivity index (χ4v) is 4.91. The van der Waals surface area contributed by atoms with Gasteiger partial charge in [-0.15, -0.1) is 0 Å². The van der Waals surface area contributed by atoms with Gasteiger partial charge < -0.3 is 0 Å². The van der Waals surface area contributed by atoms with Crippen molar-refractivity contribution in [3.63, 3.8) is 0 Å². The third-order valence-corrected chi connectivity index (χ3v) is 7.00. The molecule has 0 aliphatic carbocycles. The van der Waals surface area contributed by atoms with E-state index in [1.54, 1.807) is 12.4 Å². The molecule has 5 heteroatoms. The van der Waals surface area contributed by atoms with E-state index in [0.717, 1.165) is 62.0 Å². The van der Waals surface area contributed by atoms with Crippen LogP contribution in [0.1, 0.15) is 0 Å². The first-order valence-electron chi connectivity index (χ1n) is 13.8. The summed E-state index contributed by atoms with van der Waals surface area (Å²) in [5, 5.41) is 0. The highest BCUT2D eigenvalue weighted by molar-refractivity contribution is 5.79. The van der Waals surface area contributed by atoms with Gasteiger partial charge in [-0.2, -0.15) is 0 Å². The zero-order chi connectivity index (χ0) is 28.1. The van der Waals surface area contributed by atoms with Crippen LogP contribution in [0.3, 0.4) is 0 Å². The minimum absolute atomic E-state index is 0.691. The Labute approximate surface area is 244 Å². The van der Waals surface area contributed by atoms with E-state index in [1.165, 1.54) is 0 Å². The summed E-state index contributed by atoms with van der Waals surface area (Å²) in [7, 11) is 0. The van der Waals surface area contributed by atoms with E-state index in [1.807, 2.05) is 84.9 Å².